The quantitative estimate of drug-likeness (QED) is 0.604. The molecule has 0 unspecified atom stereocenters. The van der Waals surface area contributed by atoms with E-state index in [1.807, 2.05) is 19.1 Å². The van der Waals surface area contributed by atoms with Gasteiger partial charge in [0.15, 0.2) is 5.13 Å². The van der Waals surface area contributed by atoms with Gasteiger partial charge in [-0.1, -0.05) is 35.1 Å². The molecule has 0 aliphatic rings. The Morgan fingerprint density at radius 2 is 1.89 bits per heavy atom. The lowest BCUT2D eigenvalue weighted by atomic mass is 10.1. The van der Waals surface area contributed by atoms with Crippen LogP contribution < -0.4 is 10.6 Å². The Balaban J connectivity index is 1.76. The van der Waals surface area contributed by atoms with Crippen LogP contribution in [0.15, 0.2) is 36.4 Å². The molecule has 2 N–H and O–H groups in total. The molecule has 1 heterocycles. The van der Waals surface area contributed by atoms with Gasteiger partial charge in [-0.2, -0.15) is 0 Å². The Hall–Kier alpha value is -2.77. The van der Waals surface area contributed by atoms with Crippen LogP contribution >= 0.6 is 22.9 Å². The van der Waals surface area contributed by atoms with Gasteiger partial charge in [0.1, 0.15) is 5.78 Å². The lowest BCUT2D eigenvalue weighted by Gasteiger charge is -2.10. The number of hydrogen-bond acceptors (Lipinski definition) is 5. The van der Waals surface area contributed by atoms with Gasteiger partial charge in [-0.15, -0.1) is 0 Å². The van der Waals surface area contributed by atoms with Crippen molar-refractivity contribution in [2.75, 3.05) is 10.6 Å². The molecule has 0 spiro atoms. The minimum Gasteiger partial charge on any atom is -0.320 e. The zero-order valence-corrected chi connectivity index (χ0v) is 16.9. The van der Waals surface area contributed by atoms with Crippen LogP contribution in [0, 0.1) is 6.92 Å². The molecule has 0 radical (unpaired) electrons. The number of benzene rings is 2. The van der Waals surface area contributed by atoms with E-state index in [1.165, 1.54) is 18.3 Å². The molecule has 144 valence electrons. The summed E-state index contributed by atoms with van der Waals surface area (Å²) in [6, 6.07) is 10.5. The number of carbonyl (C=O) groups excluding carboxylic acids is 3. The zero-order chi connectivity index (χ0) is 20.3. The van der Waals surface area contributed by atoms with E-state index in [4.69, 9.17) is 11.6 Å². The molecule has 0 fully saturated rings. The van der Waals surface area contributed by atoms with Gasteiger partial charge in [-0.05, 0) is 43.7 Å². The third-order valence-corrected chi connectivity index (χ3v) is 5.31. The van der Waals surface area contributed by atoms with E-state index in [2.05, 4.69) is 15.6 Å². The molecule has 0 aliphatic carbocycles. The number of rotatable bonds is 6. The molecule has 2 amide bonds. The fourth-order valence-electron chi connectivity index (χ4n) is 2.57. The number of Topliss-reactive ketones (excluding diaryl/α,β-unsaturated/α-hetero) is 1. The van der Waals surface area contributed by atoms with Gasteiger partial charge in [0.2, 0.25) is 5.91 Å². The maximum Gasteiger partial charge on any atom is 0.255 e. The molecule has 0 saturated carbocycles. The summed E-state index contributed by atoms with van der Waals surface area (Å²) < 4.78 is 0.769. The number of amides is 2. The third-order valence-electron chi connectivity index (χ3n) is 4.06. The number of halogens is 1. The standard InChI is InChI=1S/C20H18ClN3O3S/c1-11-4-3-5-14(21)18(11)24-19(27)13-7-8-15-16(10-13)28-20(22-15)23-17(26)9-6-12(2)25/h3-5,7-8,10H,6,9H2,1-2H3,(H,24,27)(H,22,23,26). The van der Waals surface area contributed by atoms with E-state index in [9.17, 15) is 14.4 Å². The number of ketones is 1. The van der Waals surface area contributed by atoms with Crippen LogP contribution in [0.4, 0.5) is 10.8 Å². The molecule has 28 heavy (non-hydrogen) atoms. The predicted octanol–water partition coefficient (Wildman–Crippen LogP) is 4.82. The van der Waals surface area contributed by atoms with Crippen molar-refractivity contribution in [2.45, 2.75) is 26.7 Å². The monoisotopic (exact) mass is 415 g/mol. The highest BCUT2D eigenvalue weighted by Crippen LogP contribution is 2.29. The van der Waals surface area contributed by atoms with Crippen molar-refractivity contribution >= 4 is 61.6 Å². The molecule has 3 rings (SSSR count). The van der Waals surface area contributed by atoms with Crippen molar-refractivity contribution in [2.24, 2.45) is 0 Å². The van der Waals surface area contributed by atoms with Crippen LogP contribution in [0.5, 0.6) is 0 Å². The number of aryl methyl sites for hydroxylation is 1. The van der Waals surface area contributed by atoms with Gasteiger partial charge in [-0.3, -0.25) is 9.59 Å². The maximum atomic E-state index is 12.6. The molecule has 0 aliphatic heterocycles. The Morgan fingerprint density at radius 1 is 1.11 bits per heavy atom. The molecule has 0 saturated heterocycles. The van der Waals surface area contributed by atoms with Crippen LogP contribution in [0.25, 0.3) is 10.2 Å². The number of thiazole rings is 1. The average molecular weight is 416 g/mol. The van der Waals surface area contributed by atoms with Crippen LogP contribution in [0.2, 0.25) is 5.02 Å². The summed E-state index contributed by atoms with van der Waals surface area (Å²) in [5.41, 5.74) is 2.59. The van der Waals surface area contributed by atoms with Crippen LogP contribution in [-0.4, -0.2) is 22.6 Å². The fraction of sp³-hybridized carbons (Fsp3) is 0.200. The number of nitrogens with one attached hydrogen (secondary N) is 2. The number of fused-ring (bicyclic) bond motifs is 1. The minimum absolute atomic E-state index is 0.0381. The Kier molecular flexibility index (Phi) is 6.06. The first-order chi connectivity index (χ1) is 13.3. The lowest BCUT2D eigenvalue weighted by molar-refractivity contribution is -0.121. The highest BCUT2D eigenvalue weighted by molar-refractivity contribution is 7.22. The number of aromatic nitrogens is 1. The second-order valence-corrected chi connectivity index (χ2v) is 7.78. The van der Waals surface area contributed by atoms with E-state index in [0.717, 1.165) is 10.3 Å². The molecular formula is C20H18ClN3O3S. The Bertz CT molecular complexity index is 1060. The van der Waals surface area contributed by atoms with E-state index in [0.29, 0.717) is 26.9 Å². The number of anilines is 2. The fourth-order valence-corrected chi connectivity index (χ4v) is 3.76. The number of hydrogen-bond donors (Lipinski definition) is 2. The largest absolute Gasteiger partial charge is 0.320 e. The smallest absolute Gasteiger partial charge is 0.255 e. The van der Waals surface area contributed by atoms with Gasteiger partial charge in [0.05, 0.1) is 20.9 Å². The second-order valence-electron chi connectivity index (χ2n) is 6.34. The number of carbonyl (C=O) groups is 3. The second kappa shape index (κ2) is 8.50. The zero-order valence-electron chi connectivity index (χ0n) is 15.3. The van der Waals surface area contributed by atoms with Crippen molar-refractivity contribution in [3.63, 3.8) is 0 Å². The summed E-state index contributed by atoms with van der Waals surface area (Å²) >= 11 is 7.44. The highest BCUT2D eigenvalue weighted by atomic mass is 35.5. The van der Waals surface area contributed by atoms with Gasteiger partial charge in [-0.25, -0.2) is 4.98 Å². The van der Waals surface area contributed by atoms with Crippen LogP contribution in [-0.2, 0) is 9.59 Å². The molecule has 0 bridgehead atoms. The van der Waals surface area contributed by atoms with Gasteiger partial charge >= 0.3 is 0 Å². The van der Waals surface area contributed by atoms with Gasteiger partial charge in [0.25, 0.3) is 5.91 Å². The summed E-state index contributed by atoms with van der Waals surface area (Å²) in [6.07, 6.45) is 0.318. The Morgan fingerprint density at radius 3 is 2.61 bits per heavy atom. The molecule has 1 aromatic heterocycles. The summed E-state index contributed by atoms with van der Waals surface area (Å²) in [4.78, 5) is 39.8. The Labute approximate surface area is 170 Å². The third kappa shape index (κ3) is 4.74. The molecule has 8 heteroatoms. The summed E-state index contributed by atoms with van der Waals surface area (Å²) in [6.45, 7) is 3.32. The van der Waals surface area contributed by atoms with Crippen LogP contribution in [0.3, 0.4) is 0 Å². The topological polar surface area (TPSA) is 88.2 Å². The molecule has 0 atom stereocenters. The van der Waals surface area contributed by atoms with Crippen molar-refractivity contribution in [3.8, 4) is 0 Å². The molecular weight excluding hydrogens is 398 g/mol. The van der Waals surface area contributed by atoms with Crippen molar-refractivity contribution in [1.82, 2.24) is 4.98 Å². The summed E-state index contributed by atoms with van der Waals surface area (Å²) in [5, 5.41) is 6.43. The van der Waals surface area contributed by atoms with Gasteiger partial charge in [0, 0.05) is 18.4 Å². The van der Waals surface area contributed by atoms with Gasteiger partial charge < -0.3 is 15.4 Å². The van der Waals surface area contributed by atoms with Crippen molar-refractivity contribution in [1.29, 1.82) is 0 Å². The SMILES string of the molecule is CC(=O)CCC(=O)Nc1nc2ccc(C(=O)Nc3c(C)cccc3Cl)cc2s1. The first-order valence-electron chi connectivity index (χ1n) is 8.60. The van der Waals surface area contributed by atoms with Crippen LogP contribution in [0.1, 0.15) is 35.7 Å². The normalized spacial score (nSPS) is 10.7. The first kappa shape index (κ1) is 20.0. The first-order valence-corrected chi connectivity index (χ1v) is 9.79. The molecule has 6 nitrogen and oxygen atoms in total. The minimum atomic E-state index is -0.279. The summed E-state index contributed by atoms with van der Waals surface area (Å²) in [7, 11) is 0. The highest BCUT2D eigenvalue weighted by Gasteiger charge is 2.14. The van der Waals surface area contributed by atoms with E-state index < -0.39 is 0 Å². The van der Waals surface area contributed by atoms with E-state index in [1.54, 1.807) is 24.3 Å². The number of nitrogens with zero attached hydrogens (tertiary/aromatic N) is 1. The van der Waals surface area contributed by atoms with E-state index >= 15 is 0 Å². The summed E-state index contributed by atoms with van der Waals surface area (Å²) in [5.74, 6) is -0.580. The number of para-hydroxylation sites is 1. The molecule has 3 aromatic rings. The maximum absolute atomic E-state index is 12.6. The van der Waals surface area contributed by atoms with Crippen molar-refractivity contribution in [3.05, 3.63) is 52.5 Å². The lowest BCUT2D eigenvalue weighted by Crippen LogP contribution is -2.13. The predicted molar refractivity (Wildman–Crippen MR) is 112 cm³/mol. The average Bonchev–Trinajstić information content (AvgIpc) is 3.04. The van der Waals surface area contributed by atoms with E-state index in [-0.39, 0.29) is 30.4 Å². The van der Waals surface area contributed by atoms with Crippen molar-refractivity contribution < 1.29 is 14.4 Å². The molecule has 2 aromatic carbocycles.